The minimum Gasteiger partial charge on any atom is -0.481 e. The number of carbonyl (C=O) groups excluding carboxylic acids is 1. The summed E-state index contributed by atoms with van der Waals surface area (Å²) in [7, 11) is 0. The van der Waals surface area contributed by atoms with Crippen LogP contribution in [0.1, 0.15) is 19.8 Å². The summed E-state index contributed by atoms with van der Waals surface area (Å²) in [5, 5.41) is 12.5. The highest BCUT2D eigenvalue weighted by atomic mass is 35.5. The molecule has 1 aliphatic rings. The Morgan fingerprint density at radius 1 is 1.20 bits per heavy atom. The van der Waals surface area contributed by atoms with Gasteiger partial charge in [-0.25, -0.2) is 0 Å². The van der Waals surface area contributed by atoms with E-state index in [-0.39, 0.29) is 11.8 Å². The summed E-state index contributed by atoms with van der Waals surface area (Å²) in [4.78, 5) is 23.5. The molecule has 1 fully saturated rings. The number of carboxylic acid groups (broad SMARTS) is 1. The van der Waals surface area contributed by atoms with Crippen molar-refractivity contribution in [2.24, 2.45) is 17.8 Å². The first-order chi connectivity index (χ1) is 9.40. The van der Waals surface area contributed by atoms with E-state index in [1.165, 1.54) is 0 Å². The lowest BCUT2D eigenvalue weighted by atomic mass is 9.95. The quantitative estimate of drug-likeness (QED) is 0.894. The zero-order chi connectivity index (χ0) is 14.9. The number of benzene rings is 1. The molecule has 108 valence electrons. The van der Waals surface area contributed by atoms with E-state index in [4.69, 9.17) is 23.2 Å². The molecular weight excluding hydrogens is 301 g/mol. The summed E-state index contributed by atoms with van der Waals surface area (Å²) in [5.41, 5.74) is 0.338. The molecule has 4 nitrogen and oxygen atoms in total. The minimum atomic E-state index is -0.931. The van der Waals surface area contributed by atoms with Crippen LogP contribution in [0.3, 0.4) is 0 Å². The highest BCUT2D eigenvalue weighted by Gasteiger charge is 2.41. The summed E-state index contributed by atoms with van der Waals surface area (Å²) in [6, 6.07) is 4.92. The topological polar surface area (TPSA) is 66.4 Å². The van der Waals surface area contributed by atoms with E-state index in [2.05, 4.69) is 5.32 Å². The Balaban J connectivity index is 2.18. The molecule has 0 saturated heterocycles. The number of aliphatic carboxylic acids is 1. The van der Waals surface area contributed by atoms with Gasteiger partial charge in [0.05, 0.1) is 27.6 Å². The average Bonchev–Trinajstić information content (AvgIpc) is 2.76. The third kappa shape index (κ3) is 3.07. The van der Waals surface area contributed by atoms with Crippen molar-refractivity contribution in [2.75, 3.05) is 5.32 Å². The first-order valence-corrected chi connectivity index (χ1v) is 7.13. The van der Waals surface area contributed by atoms with Crippen molar-refractivity contribution < 1.29 is 14.7 Å². The fraction of sp³-hybridized carbons (Fsp3) is 0.429. The predicted octanol–water partition coefficient (Wildman–Crippen LogP) is 3.68. The van der Waals surface area contributed by atoms with Gasteiger partial charge in [0.15, 0.2) is 0 Å². The van der Waals surface area contributed by atoms with Crippen molar-refractivity contribution in [3.63, 3.8) is 0 Å². The lowest BCUT2D eigenvalue weighted by molar-refractivity contribution is -0.145. The minimum absolute atomic E-state index is 0.216. The van der Waals surface area contributed by atoms with Gasteiger partial charge in [-0.05, 0) is 30.9 Å². The maximum Gasteiger partial charge on any atom is 0.307 e. The maximum atomic E-state index is 12.3. The summed E-state index contributed by atoms with van der Waals surface area (Å²) in [6.07, 6.45) is 1.08. The molecule has 2 rings (SSSR count). The van der Waals surface area contributed by atoms with Crippen LogP contribution < -0.4 is 5.32 Å². The fourth-order valence-electron chi connectivity index (χ4n) is 2.69. The van der Waals surface area contributed by atoms with Crippen LogP contribution in [0.25, 0.3) is 0 Å². The highest BCUT2D eigenvalue weighted by Crippen LogP contribution is 2.38. The standard InChI is InChI=1S/C14H15Cl2NO3/c1-7-5-8(9(6-7)14(19)20)13(18)17-12-10(15)3-2-4-11(12)16/h2-4,7-9H,5-6H2,1H3,(H,17,18)(H,19,20). The molecule has 0 aromatic heterocycles. The molecule has 0 aliphatic heterocycles. The first kappa shape index (κ1) is 15.1. The smallest absolute Gasteiger partial charge is 0.307 e. The molecule has 3 unspecified atom stereocenters. The van der Waals surface area contributed by atoms with E-state index in [0.717, 1.165) is 0 Å². The number of carbonyl (C=O) groups is 2. The van der Waals surface area contributed by atoms with Gasteiger partial charge in [0.2, 0.25) is 5.91 Å². The van der Waals surface area contributed by atoms with Crippen molar-refractivity contribution in [3.05, 3.63) is 28.2 Å². The van der Waals surface area contributed by atoms with Gasteiger partial charge in [-0.1, -0.05) is 36.2 Å². The Labute approximate surface area is 127 Å². The van der Waals surface area contributed by atoms with Crippen LogP contribution in [0.2, 0.25) is 10.0 Å². The number of nitrogens with one attached hydrogen (secondary N) is 1. The summed E-state index contributed by atoms with van der Waals surface area (Å²) in [5.74, 6) is -2.24. The van der Waals surface area contributed by atoms with Gasteiger partial charge in [0, 0.05) is 0 Å². The Kier molecular flexibility index (Phi) is 4.55. The van der Waals surface area contributed by atoms with Gasteiger partial charge in [0.25, 0.3) is 0 Å². The van der Waals surface area contributed by atoms with Crippen molar-refractivity contribution in [1.29, 1.82) is 0 Å². The monoisotopic (exact) mass is 315 g/mol. The van der Waals surface area contributed by atoms with Gasteiger partial charge >= 0.3 is 5.97 Å². The molecule has 0 bridgehead atoms. The zero-order valence-corrected chi connectivity index (χ0v) is 12.4. The van der Waals surface area contributed by atoms with Crippen LogP contribution in [0.15, 0.2) is 18.2 Å². The molecule has 20 heavy (non-hydrogen) atoms. The number of halogens is 2. The largest absolute Gasteiger partial charge is 0.481 e. The van der Waals surface area contributed by atoms with Crippen LogP contribution in [0, 0.1) is 17.8 Å². The first-order valence-electron chi connectivity index (χ1n) is 6.37. The Morgan fingerprint density at radius 3 is 2.30 bits per heavy atom. The molecule has 2 N–H and O–H groups in total. The molecule has 1 aromatic carbocycles. The zero-order valence-electron chi connectivity index (χ0n) is 10.9. The third-order valence-electron chi connectivity index (χ3n) is 3.66. The molecule has 3 atom stereocenters. The molecular formula is C14H15Cl2NO3. The number of hydrogen-bond acceptors (Lipinski definition) is 2. The number of anilines is 1. The molecule has 1 saturated carbocycles. The van der Waals surface area contributed by atoms with E-state index in [1.54, 1.807) is 18.2 Å². The van der Waals surface area contributed by atoms with Gasteiger partial charge in [-0.2, -0.15) is 0 Å². The van der Waals surface area contributed by atoms with Crippen LogP contribution in [-0.2, 0) is 9.59 Å². The van der Waals surface area contributed by atoms with E-state index >= 15 is 0 Å². The van der Waals surface area contributed by atoms with Crippen molar-refractivity contribution >= 4 is 40.8 Å². The number of amides is 1. The van der Waals surface area contributed by atoms with Gasteiger partial charge in [0.1, 0.15) is 0 Å². The van der Waals surface area contributed by atoms with Crippen LogP contribution >= 0.6 is 23.2 Å². The van der Waals surface area contributed by atoms with Gasteiger partial charge in [-0.15, -0.1) is 0 Å². The molecule has 1 amide bonds. The molecule has 0 radical (unpaired) electrons. The molecule has 0 heterocycles. The van der Waals surface area contributed by atoms with Gasteiger partial charge in [-0.3, -0.25) is 9.59 Å². The number of carboxylic acids is 1. The fourth-order valence-corrected chi connectivity index (χ4v) is 3.18. The van der Waals surface area contributed by atoms with E-state index in [1.807, 2.05) is 6.92 Å². The van der Waals surface area contributed by atoms with Crippen LogP contribution in [-0.4, -0.2) is 17.0 Å². The Hall–Kier alpha value is -1.26. The van der Waals surface area contributed by atoms with Gasteiger partial charge < -0.3 is 10.4 Å². The lowest BCUT2D eigenvalue weighted by Gasteiger charge is -2.16. The summed E-state index contributed by atoms with van der Waals surface area (Å²) < 4.78 is 0. The summed E-state index contributed by atoms with van der Waals surface area (Å²) >= 11 is 12.0. The maximum absolute atomic E-state index is 12.3. The van der Waals surface area contributed by atoms with Crippen molar-refractivity contribution in [1.82, 2.24) is 0 Å². The SMILES string of the molecule is CC1CC(C(=O)O)C(C(=O)Nc2c(Cl)cccc2Cl)C1. The third-order valence-corrected chi connectivity index (χ3v) is 4.29. The summed E-state index contributed by atoms with van der Waals surface area (Å²) in [6.45, 7) is 1.95. The van der Waals surface area contributed by atoms with Crippen LogP contribution in [0.4, 0.5) is 5.69 Å². The second kappa shape index (κ2) is 6.02. The molecule has 0 spiro atoms. The molecule has 1 aromatic rings. The van der Waals surface area contributed by atoms with Crippen molar-refractivity contribution in [3.8, 4) is 0 Å². The second-order valence-corrected chi connectivity index (χ2v) is 6.03. The average molecular weight is 316 g/mol. The second-order valence-electron chi connectivity index (χ2n) is 5.21. The molecule has 1 aliphatic carbocycles. The number of rotatable bonds is 3. The normalized spacial score (nSPS) is 25.4. The van der Waals surface area contributed by atoms with Crippen LogP contribution in [0.5, 0.6) is 0 Å². The number of hydrogen-bond donors (Lipinski definition) is 2. The Morgan fingerprint density at radius 2 is 1.75 bits per heavy atom. The highest BCUT2D eigenvalue weighted by molar-refractivity contribution is 6.39. The molecule has 6 heteroatoms. The lowest BCUT2D eigenvalue weighted by Crippen LogP contribution is -2.30. The van der Waals surface area contributed by atoms with Crippen molar-refractivity contribution in [2.45, 2.75) is 19.8 Å². The predicted molar refractivity (Wildman–Crippen MR) is 78.1 cm³/mol. The number of para-hydroxylation sites is 1. The van der Waals surface area contributed by atoms with E-state index in [0.29, 0.717) is 28.6 Å². The van der Waals surface area contributed by atoms with E-state index in [9.17, 15) is 14.7 Å². The Bertz CT molecular complexity index is 527. The van der Waals surface area contributed by atoms with E-state index < -0.39 is 17.8 Å².